The van der Waals surface area contributed by atoms with Crippen LogP contribution in [0.15, 0.2) is 18.2 Å². The van der Waals surface area contributed by atoms with Gasteiger partial charge >= 0.3 is 0 Å². The van der Waals surface area contributed by atoms with Gasteiger partial charge in [-0.1, -0.05) is 12.1 Å². The van der Waals surface area contributed by atoms with Crippen LogP contribution in [0.4, 0.5) is 5.69 Å². The number of aliphatic hydroxyl groups is 1. The molecule has 0 atom stereocenters. The first-order valence-electron chi connectivity index (χ1n) is 6.46. The molecule has 1 aromatic rings. The zero-order chi connectivity index (χ0) is 12.8. The van der Waals surface area contributed by atoms with E-state index in [0.29, 0.717) is 13.2 Å². The Morgan fingerprint density at radius 3 is 3.00 bits per heavy atom. The molecule has 1 N–H and O–H groups in total. The molecule has 0 amide bonds. The molecule has 0 saturated carbocycles. The van der Waals surface area contributed by atoms with Gasteiger partial charge in [-0.05, 0) is 24.5 Å². The topological polar surface area (TPSA) is 41.9 Å². The largest absolute Gasteiger partial charge is 0.495 e. The van der Waals surface area contributed by atoms with Crippen molar-refractivity contribution < 1.29 is 14.6 Å². The minimum atomic E-state index is 0.0832. The van der Waals surface area contributed by atoms with Crippen molar-refractivity contribution in [3.8, 4) is 5.75 Å². The minimum Gasteiger partial charge on any atom is -0.495 e. The second kappa shape index (κ2) is 6.61. The van der Waals surface area contributed by atoms with Crippen molar-refractivity contribution in [2.24, 2.45) is 0 Å². The molecule has 1 heterocycles. The van der Waals surface area contributed by atoms with Crippen LogP contribution in [0.25, 0.3) is 0 Å². The predicted molar refractivity (Wildman–Crippen MR) is 71.4 cm³/mol. The van der Waals surface area contributed by atoms with Gasteiger partial charge in [-0.3, -0.25) is 0 Å². The third-order valence-electron chi connectivity index (χ3n) is 3.23. The maximum Gasteiger partial charge on any atom is 0.142 e. The van der Waals surface area contributed by atoms with Crippen LogP contribution >= 0.6 is 0 Å². The van der Waals surface area contributed by atoms with Crippen LogP contribution in [0, 0.1) is 0 Å². The molecule has 0 unspecified atom stereocenters. The Morgan fingerprint density at radius 1 is 1.33 bits per heavy atom. The molecular formula is C14H21NO3. The van der Waals surface area contributed by atoms with E-state index in [9.17, 15) is 0 Å². The third-order valence-corrected chi connectivity index (χ3v) is 3.23. The van der Waals surface area contributed by atoms with Crippen molar-refractivity contribution in [1.29, 1.82) is 0 Å². The third kappa shape index (κ3) is 2.94. The Bertz CT molecular complexity index is 367. The number of anilines is 1. The van der Waals surface area contributed by atoms with Crippen LogP contribution in [0.5, 0.6) is 5.75 Å². The number of methoxy groups -OCH3 is 1. The summed E-state index contributed by atoms with van der Waals surface area (Å²) in [5.74, 6) is 0.939. The summed E-state index contributed by atoms with van der Waals surface area (Å²) >= 11 is 0. The first-order chi connectivity index (χ1) is 8.86. The van der Waals surface area contributed by atoms with E-state index in [1.165, 1.54) is 17.7 Å². The van der Waals surface area contributed by atoms with E-state index in [2.05, 4.69) is 11.0 Å². The van der Waals surface area contributed by atoms with Crippen molar-refractivity contribution in [3.05, 3.63) is 23.8 Å². The Kier molecular flexibility index (Phi) is 4.84. The molecule has 100 valence electrons. The number of nitrogens with zero attached hydrogens (tertiary/aromatic N) is 1. The highest BCUT2D eigenvalue weighted by Gasteiger charge is 2.20. The summed E-state index contributed by atoms with van der Waals surface area (Å²) in [5, 5.41) is 8.68. The van der Waals surface area contributed by atoms with Crippen molar-refractivity contribution >= 4 is 5.69 Å². The van der Waals surface area contributed by atoms with Gasteiger partial charge in [0.1, 0.15) is 5.75 Å². The van der Waals surface area contributed by atoms with Crippen molar-refractivity contribution in [3.63, 3.8) is 0 Å². The summed E-state index contributed by atoms with van der Waals surface area (Å²) in [6.45, 7) is 3.01. The molecule has 1 aliphatic heterocycles. The van der Waals surface area contributed by atoms with Gasteiger partial charge in [-0.2, -0.15) is 0 Å². The van der Waals surface area contributed by atoms with Crippen molar-refractivity contribution in [1.82, 2.24) is 0 Å². The van der Waals surface area contributed by atoms with Gasteiger partial charge in [0.15, 0.2) is 0 Å². The van der Waals surface area contributed by atoms with Crippen molar-refractivity contribution in [2.45, 2.75) is 12.8 Å². The van der Waals surface area contributed by atoms with Gasteiger partial charge in [0.2, 0.25) is 0 Å². The molecular weight excluding hydrogens is 230 g/mol. The maximum atomic E-state index is 8.68. The standard InChI is InChI=1S/C14H21NO3/c1-17-13-6-2-4-12-5-3-7-15(14(12)13)8-10-18-11-9-16/h2,4,6,16H,3,5,7-11H2,1H3. The molecule has 2 rings (SSSR count). The Hall–Kier alpha value is -1.26. The molecule has 0 aromatic heterocycles. The van der Waals surface area contributed by atoms with Crippen LogP contribution in [0.2, 0.25) is 0 Å². The van der Waals surface area contributed by atoms with Gasteiger partial charge in [-0.25, -0.2) is 0 Å². The molecule has 0 fully saturated rings. The summed E-state index contributed by atoms with van der Waals surface area (Å²) in [7, 11) is 1.71. The first kappa shape index (κ1) is 13.2. The summed E-state index contributed by atoms with van der Waals surface area (Å²) in [5.41, 5.74) is 2.56. The normalized spacial score (nSPS) is 14.4. The van der Waals surface area contributed by atoms with Crippen LogP contribution in [0.3, 0.4) is 0 Å². The molecule has 4 heteroatoms. The average Bonchev–Trinajstić information content (AvgIpc) is 2.43. The number of hydrogen-bond donors (Lipinski definition) is 1. The maximum absolute atomic E-state index is 8.68. The molecule has 1 aliphatic rings. The molecule has 0 bridgehead atoms. The average molecular weight is 251 g/mol. The second-order valence-corrected chi connectivity index (χ2v) is 4.39. The monoisotopic (exact) mass is 251 g/mol. The van der Waals surface area contributed by atoms with Crippen molar-refractivity contribution in [2.75, 3.05) is 44.9 Å². The lowest BCUT2D eigenvalue weighted by Crippen LogP contribution is -2.33. The Balaban J connectivity index is 2.06. The van der Waals surface area contributed by atoms with Gasteiger partial charge in [-0.15, -0.1) is 0 Å². The van der Waals surface area contributed by atoms with Gasteiger partial charge in [0, 0.05) is 13.1 Å². The summed E-state index contributed by atoms with van der Waals surface area (Å²) in [4.78, 5) is 2.31. The Labute approximate surface area is 108 Å². The van der Waals surface area contributed by atoms with E-state index in [0.717, 1.165) is 25.3 Å². The molecule has 18 heavy (non-hydrogen) atoms. The van der Waals surface area contributed by atoms with Crippen LogP contribution < -0.4 is 9.64 Å². The Morgan fingerprint density at radius 2 is 2.22 bits per heavy atom. The number of rotatable bonds is 6. The second-order valence-electron chi connectivity index (χ2n) is 4.39. The number of aliphatic hydroxyl groups excluding tert-OH is 1. The quantitative estimate of drug-likeness (QED) is 0.777. The zero-order valence-electron chi connectivity index (χ0n) is 10.9. The highest BCUT2D eigenvalue weighted by Crippen LogP contribution is 2.35. The highest BCUT2D eigenvalue weighted by atomic mass is 16.5. The first-order valence-corrected chi connectivity index (χ1v) is 6.46. The van der Waals surface area contributed by atoms with Crippen LogP contribution in [0.1, 0.15) is 12.0 Å². The lowest BCUT2D eigenvalue weighted by atomic mass is 10.0. The van der Waals surface area contributed by atoms with Crippen LogP contribution in [-0.4, -0.2) is 45.1 Å². The fourth-order valence-electron chi connectivity index (χ4n) is 2.43. The zero-order valence-corrected chi connectivity index (χ0v) is 10.9. The number of benzene rings is 1. The molecule has 0 spiro atoms. The van der Waals surface area contributed by atoms with Gasteiger partial charge in [0.05, 0.1) is 32.6 Å². The highest BCUT2D eigenvalue weighted by molar-refractivity contribution is 5.65. The summed E-state index contributed by atoms with van der Waals surface area (Å²) in [6.07, 6.45) is 2.28. The lowest BCUT2D eigenvalue weighted by Gasteiger charge is -2.32. The molecule has 0 radical (unpaired) electrons. The smallest absolute Gasteiger partial charge is 0.142 e. The van der Waals surface area contributed by atoms with Gasteiger partial charge < -0.3 is 19.5 Å². The summed E-state index contributed by atoms with van der Waals surface area (Å²) in [6, 6.07) is 6.22. The number of ether oxygens (including phenoxy) is 2. The summed E-state index contributed by atoms with van der Waals surface area (Å²) < 4.78 is 10.8. The van der Waals surface area contributed by atoms with E-state index in [1.807, 2.05) is 12.1 Å². The van der Waals surface area contributed by atoms with Crippen LogP contribution in [-0.2, 0) is 11.2 Å². The number of para-hydroxylation sites is 1. The molecule has 4 nitrogen and oxygen atoms in total. The molecule has 0 aliphatic carbocycles. The van der Waals surface area contributed by atoms with E-state index >= 15 is 0 Å². The van der Waals surface area contributed by atoms with E-state index in [-0.39, 0.29) is 6.61 Å². The minimum absolute atomic E-state index is 0.0832. The number of fused-ring (bicyclic) bond motifs is 1. The SMILES string of the molecule is COc1cccc2c1N(CCOCCO)CCC2. The number of aryl methyl sites for hydroxylation is 1. The van der Waals surface area contributed by atoms with E-state index < -0.39 is 0 Å². The molecule has 0 saturated heterocycles. The predicted octanol–water partition coefficient (Wildman–Crippen LogP) is 1.46. The van der Waals surface area contributed by atoms with E-state index in [4.69, 9.17) is 14.6 Å². The van der Waals surface area contributed by atoms with E-state index in [1.54, 1.807) is 7.11 Å². The fourth-order valence-corrected chi connectivity index (χ4v) is 2.43. The van der Waals surface area contributed by atoms with Gasteiger partial charge in [0.25, 0.3) is 0 Å². The molecule has 1 aromatic carbocycles. The lowest BCUT2D eigenvalue weighted by molar-refractivity contribution is 0.0965. The fraction of sp³-hybridized carbons (Fsp3) is 0.571. The number of hydrogen-bond acceptors (Lipinski definition) is 4.